The summed E-state index contributed by atoms with van der Waals surface area (Å²) in [6.45, 7) is 6.69. The third kappa shape index (κ3) is 4.33. The molecular formula is C13H20N4OS. The van der Waals surface area contributed by atoms with Crippen molar-refractivity contribution in [2.24, 2.45) is 5.92 Å². The van der Waals surface area contributed by atoms with Crippen LogP contribution in [0.5, 0.6) is 0 Å². The summed E-state index contributed by atoms with van der Waals surface area (Å²) < 4.78 is 5.62. The van der Waals surface area contributed by atoms with Crippen molar-refractivity contribution >= 4 is 17.4 Å². The van der Waals surface area contributed by atoms with Crippen molar-refractivity contribution in [2.45, 2.75) is 26.9 Å². The van der Waals surface area contributed by atoms with Gasteiger partial charge in [0.1, 0.15) is 0 Å². The molecule has 0 unspecified atom stereocenters. The lowest BCUT2D eigenvalue weighted by atomic mass is 10.2. The molecule has 0 bridgehead atoms. The quantitative estimate of drug-likeness (QED) is 0.844. The maximum absolute atomic E-state index is 5.62. The summed E-state index contributed by atoms with van der Waals surface area (Å²) in [7, 11) is 1.95. The van der Waals surface area contributed by atoms with Crippen molar-refractivity contribution in [3.63, 3.8) is 0 Å². The van der Waals surface area contributed by atoms with Crippen molar-refractivity contribution in [1.82, 2.24) is 15.5 Å². The maximum atomic E-state index is 5.62. The minimum Gasteiger partial charge on any atom is -0.407 e. The van der Waals surface area contributed by atoms with Crippen molar-refractivity contribution < 1.29 is 4.42 Å². The molecule has 6 heteroatoms. The van der Waals surface area contributed by atoms with Gasteiger partial charge in [-0.15, -0.1) is 5.10 Å². The van der Waals surface area contributed by atoms with E-state index in [1.54, 1.807) is 11.3 Å². The lowest BCUT2D eigenvalue weighted by Gasteiger charge is -2.12. The molecule has 0 aliphatic heterocycles. The van der Waals surface area contributed by atoms with E-state index >= 15 is 0 Å². The Morgan fingerprint density at radius 3 is 2.95 bits per heavy atom. The normalized spacial score (nSPS) is 11.2. The van der Waals surface area contributed by atoms with E-state index in [0.717, 1.165) is 13.1 Å². The Morgan fingerprint density at radius 2 is 2.26 bits per heavy atom. The van der Waals surface area contributed by atoms with Gasteiger partial charge >= 0.3 is 6.01 Å². The summed E-state index contributed by atoms with van der Waals surface area (Å²) in [5.41, 5.74) is 1.25. The highest BCUT2D eigenvalue weighted by Gasteiger charge is 2.11. The predicted octanol–water partition coefficient (Wildman–Crippen LogP) is 2.51. The van der Waals surface area contributed by atoms with Gasteiger partial charge in [-0.05, 0) is 34.9 Å². The Labute approximate surface area is 117 Å². The standard InChI is InChI=1S/C13H20N4OS/c1-10(2)6-14-7-12-15-16-13(18-12)17(3)8-11-4-5-19-9-11/h4-5,9-10,14H,6-8H2,1-3H3. The highest BCUT2D eigenvalue weighted by molar-refractivity contribution is 7.07. The molecule has 19 heavy (non-hydrogen) atoms. The number of anilines is 1. The first-order valence-corrected chi connectivity index (χ1v) is 7.34. The molecule has 0 fully saturated rings. The first kappa shape index (κ1) is 14.0. The van der Waals surface area contributed by atoms with Gasteiger partial charge in [-0.1, -0.05) is 18.9 Å². The highest BCUT2D eigenvalue weighted by atomic mass is 32.1. The third-order valence-electron chi connectivity index (χ3n) is 2.61. The third-order valence-corrected chi connectivity index (χ3v) is 3.34. The molecule has 2 heterocycles. The van der Waals surface area contributed by atoms with Gasteiger partial charge in [0.15, 0.2) is 0 Å². The number of aromatic nitrogens is 2. The average Bonchev–Trinajstić information content (AvgIpc) is 2.99. The molecule has 5 nitrogen and oxygen atoms in total. The van der Waals surface area contributed by atoms with E-state index in [2.05, 4.69) is 46.2 Å². The van der Waals surface area contributed by atoms with Crippen LogP contribution in [0.1, 0.15) is 25.3 Å². The Kier molecular flexibility index (Phi) is 4.93. The van der Waals surface area contributed by atoms with E-state index in [9.17, 15) is 0 Å². The number of thiophene rings is 1. The summed E-state index contributed by atoms with van der Waals surface area (Å²) >= 11 is 1.69. The molecule has 0 saturated heterocycles. The van der Waals surface area contributed by atoms with Crippen LogP contribution in [0.2, 0.25) is 0 Å². The molecule has 0 radical (unpaired) electrons. The molecule has 0 amide bonds. The SMILES string of the molecule is CC(C)CNCc1nnc(N(C)Cc2ccsc2)o1. The van der Waals surface area contributed by atoms with Crippen LogP contribution in [0.4, 0.5) is 6.01 Å². The Balaban J connectivity index is 1.85. The van der Waals surface area contributed by atoms with Gasteiger partial charge in [0.2, 0.25) is 5.89 Å². The van der Waals surface area contributed by atoms with Crippen LogP contribution in [0.15, 0.2) is 21.2 Å². The van der Waals surface area contributed by atoms with Gasteiger partial charge in [-0.3, -0.25) is 0 Å². The fourth-order valence-electron chi connectivity index (χ4n) is 1.66. The van der Waals surface area contributed by atoms with Crippen LogP contribution in [0, 0.1) is 5.92 Å². The molecule has 0 aliphatic carbocycles. The zero-order valence-corrected chi connectivity index (χ0v) is 12.4. The molecule has 104 valence electrons. The number of hydrogen-bond donors (Lipinski definition) is 1. The van der Waals surface area contributed by atoms with Crippen LogP contribution in [-0.4, -0.2) is 23.8 Å². The molecule has 0 atom stereocenters. The van der Waals surface area contributed by atoms with Gasteiger partial charge in [0, 0.05) is 13.6 Å². The summed E-state index contributed by atoms with van der Waals surface area (Å²) in [5.74, 6) is 1.25. The van der Waals surface area contributed by atoms with Gasteiger partial charge < -0.3 is 14.6 Å². The molecular weight excluding hydrogens is 260 g/mol. The van der Waals surface area contributed by atoms with Crippen LogP contribution in [0.3, 0.4) is 0 Å². The molecule has 2 aromatic rings. The number of nitrogens with zero attached hydrogens (tertiary/aromatic N) is 3. The Hall–Kier alpha value is -1.40. The second-order valence-electron chi connectivity index (χ2n) is 4.99. The van der Waals surface area contributed by atoms with E-state index in [1.807, 2.05) is 11.9 Å². The summed E-state index contributed by atoms with van der Waals surface area (Å²) in [4.78, 5) is 1.96. The summed E-state index contributed by atoms with van der Waals surface area (Å²) in [6, 6.07) is 2.66. The minimum absolute atomic E-state index is 0.563. The van der Waals surface area contributed by atoms with Gasteiger partial charge in [-0.2, -0.15) is 11.3 Å². The lowest BCUT2D eigenvalue weighted by Crippen LogP contribution is -2.19. The molecule has 0 saturated carbocycles. The van der Waals surface area contributed by atoms with E-state index in [-0.39, 0.29) is 0 Å². The van der Waals surface area contributed by atoms with Gasteiger partial charge in [0.05, 0.1) is 6.54 Å². The van der Waals surface area contributed by atoms with E-state index in [0.29, 0.717) is 24.4 Å². The zero-order chi connectivity index (χ0) is 13.7. The van der Waals surface area contributed by atoms with Crippen molar-refractivity contribution in [3.8, 4) is 0 Å². The molecule has 2 aromatic heterocycles. The second kappa shape index (κ2) is 6.68. The van der Waals surface area contributed by atoms with Crippen molar-refractivity contribution in [3.05, 3.63) is 28.3 Å². The molecule has 2 rings (SSSR count). The molecule has 1 N–H and O–H groups in total. The van der Waals surface area contributed by atoms with Gasteiger partial charge in [0.25, 0.3) is 0 Å². The smallest absolute Gasteiger partial charge is 0.318 e. The van der Waals surface area contributed by atoms with E-state index in [4.69, 9.17) is 4.42 Å². The van der Waals surface area contributed by atoms with Crippen molar-refractivity contribution in [2.75, 3.05) is 18.5 Å². The minimum atomic E-state index is 0.563. The number of rotatable bonds is 7. The fourth-order valence-corrected chi connectivity index (χ4v) is 2.32. The molecule has 0 aromatic carbocycles. The van der Waals surface area contributed by atoms with Crippen LogP contribution < -0.4 is 10.2 Å². The first-order chi connectivity index (χ1) is 9.15. The predicted molar refractivity (Wildman–Crippen MR) is 77.3 cm³/mol. The summed E-state index contributed by atoms with van der Waals surface area (Å²) in [6.07, 6.45) is 0. The Morgan fingerprint density at radius 1 is 1.42 bits per heavy atom. The van der Waals surface area contributed by atoms with Crippen LogP contribution in [0.25, 0.3) is 0 Å². The number of hydrogen-bond acceptors (Lipinski definition) is 6. The Bertz CT molecular complexity index is 481. The summed E-state index contributed by atoms with van der Waals surface area (Å²) in [5, 5.41) is 15.6. The van der Waals surface area contributed by atoms with Crippen molar-refractivity contribution in [1.29, 1.82) is 0 Å². The topological polar surface area (TPSA) is 54.2 Å². The number of nitrogens with one attached hydrogen (secondary N) is 1. The van der Waals surface area contributed by atoms with Gasteiger partial charge in [-0.25, -0.2) is 0 Å². The van der Waals surface area contributed by atoms with Crippen LogP contribution >= 0.6 is 11.3 Å². The lowest BCUT2D eigenvalue weighted by molar-refractivity contribution is 0.450. The zero-order valence-electron chi connectivity index (χ0n) is 11.6. The monoisotopic (exact) mass is 280 g/mol. The maximum Gasteiger partial charge on any atom is 0.318 e. The van der Waals surface area contributed by atoms with E-state index < -0.39 is 0 Å². The van der Waals surface area contributed by atoms with Crippen LogP contribution in [-0.2, 0) is 13.1 Å². The molecule has 0 spiro atoms. The largest absolute Gasteiger partial charge is 0.407 e. The average molecular weight is 280 g/mol. The second-order valence-corrected chi connectivity index (χ2v) is 5.77. The highest BCUT2D eigenvalue weighted by Crippen LogP contribution is 2.15. The van der Waals surface area contributed by atoms with E-state index in [1.165, 1.54) is 5.56 Å². The first-order valence-electron chi connectivity index (χ1n) is 6.40. The fraction of sp³-hybridized carbons (Fsp3) is 0.538. The molecule has 0 aliphatic rings.